The number of fused-ring (bicyclic) bond motifs is 1. The number of allylic oxidation sites excluding steroid dienone is 2. The Kier molecular flexibility index (Phi) is 3.74. The third kappa shape index (κ3) is 2.67. The highest BCUT2D eigenvalue weighted by atomic mass is 35.5. The van der Waals surface area contributed by atoms with Crippen molar-refractivity contribution in [2.75, 3.05) is 5.32 Å². The zero-order valence-corrected chi connectivity index (χ0v) is 16.3. The SMILES string of the molecule is CC1(C)CC(=O)C2=C(C1)Nc1ncnn1C2c1ccc(-c2ccccc2Cl)o1. The third-order valence-electron chi connectivity index (χ3n) is 5.31. The molecule has 0 saturated carbocycles. The number of carbonyl (C=O) groups is 1. The number of furan rings is 1. The van der Waals surface area contributed by atoms with Gasteiger partial charge in [-0.25, -0.2) is 4.68 Å². The first-order chi connectivity index (χ1) is 13.4. The van der Waals surface area contributed by atoms with Gasteiger partial charge in [0.1, 0.15) is 23.9 Å². The van der Waals surface area contributed by atoms with Crippen LogP contribution in [0.25, 0.3) is 11.3 Å². The van der Waals surface area contributed by atoms with Gasteiger partial charge in [-0.1, -0.05) is 37.6 Å². The fourth-order valence-electron chi connectivity index (χ4n) is 4.12. The monoisotopic (exact) mass is 394 g/mol. The first kappa shape index (κ1) is 17.3. The number of nitrogens with one attached hydrogen (secondary N) is 1. The van der Waals surface area contributed by atoms with Crippen molar-refractivity contribution < 1.29 is 9.21 Å². The molecule has 28 heavy (non-hydrogen) atoms. The minimum Gasteiger partial charge on any atom is -0.458 e. The number of rotatable bonds is 2. The Morgan fingerprint density at radius 3 is 2.86 bits per heavy atom. The first-order valence-electron chi connectivity index (χ1n) is 9.20. The smallest absolute Gasteiger partial charge is 0.226 e. The van der Waals surface area contributed by atoms with Crippen molar-refractivity contribution in [3.05, 3.63) is 64.8 Å². The number of nitrogens with zero attached hydrogens (tertiary/aromatic N) is 3. The van der Waals surface area contributed by atoms with Gasteiger partial charge < -0.3 is 9.73 Å². The van der Waals surface area contributed by atoms with Gasteiger partial charge in [-0.3, -0.25) is 4.79 Å². The van der Waals surface area contributed by atoms with Gasteiger partial charge in [0.15, 0.2) is 5.78 Å². The number of ketones is 1. The summed E-state index contributed by atoms with van der Waals surface area (Å²) in [7, 11) is 0. The molecule has 0 radical (unpaired) electrons. The lowest BCUT2D eigenvalue weighted by molar-refractivity contribution is -0.118. The van der Waals surface area contributed by atoms with Gasteiger partial charge >= 0.3 is 0 Å². The molecule has 0 amide bonds. The van der Waals surface area contributed by atoms with E-state index >= 15 is 0 Å². The molecule has 1 aliphatic carbocycles. The molecule has 0 bridgehead atoms. The number of carbonyl (C=O) groups excluding carboxylic acids is 1. The maximum absolute atomic E-state index is 13.1. The second kappa shape index (κ2) is 6.07. The third-order valence-corrected chi connectivity index (χ3v) is 5.64. The lowest BCUT2D eigenvalue weighted by atomic mass is 9.73. The second-order valence-corrected chi connectivity index (χ2v) is 8.48. The average molecular weight is 395 g/mol. The Morgan fingerprint density at radius 2 is 2.04 bits per heavy atom. The van der Waals surface area contributed by atoms with Gasteiger partial charge in [0, 0.05) is 23.3 Å². The van der Waals surface area contributed by atoms with E-state index in [0.717, 1.165) is 17.7 Å². The Morgan fingerprint density at radius 1 is 1.21 bits per heavy atom. The van der Waals surface area contributed by atoms with Crippen LogP contribution in [0.4, 0.5) is 5.95 Å². The zero-order chi connectivity index (χ0) is 19.5. The summed E-state index contributed by atoms with van der Waals surface area (Å²) in [6, 6.07) is 10.9. The molecular weight excluding hydrogens is 376 g/mol. The number of hydrogen-bond donors (Lipinski definition) is 1. The summed E-state index contributed by atoms with van der Waals surface area (Å²) >= 11 is 6.32. The van der Waals surface area contributed by atoms with Crippen molar-refractivity contribution >= 4 is 23.3 Å². The van der Waals surface area contributed by atoms with E-state index in [1.165, 1.54) is 6.33 Å². The van der Waals surface area contributed by atoms with Crippen LogP contribution in [0.15, 0.2) is 58.4 Å². The quantitative estimate of drug-likeness (QED) is 0.672. The molecular formula is C21H19ClN4O2. The summed E-state index contributed by atoms with van der Waals surface area (Å²) in [6.45, 7) is 4.21. The number of anilines is 1. The van der Waals surface area contributed by atoms with Crippen LogP contribution in [0.2, 0.25) is 5.02 Å². The molecule has 1 unspecified atom stereocenters. The second-order valence-electron chi connectivity index (χ2n) is 8.07. The Hall–Kier alpha value is -2.86. The van der Waals surface area contributed by atoms with Gasteiger partial charge in [-0.2, -0.15) is 10.1 Å². The molecule has 2 aromatic heterocycles. The summed E-state index contributed by atoms with van der Waals surface area (Å²) in [5.74, 6) is 2.03. The van der Waals surface area contributed by atoms with Crippen molar-refractivity contribution in [2.24, 2.45) is 5.41 Å². The molecule has 6 nitrogen and oxygen atoms in total. The van der Waals surface area contributed by atoms with Crippen LogP contribution in [-0.4, -0.2) is 20.5 Å². The maximum Gasteiger partial charge on any atom is 0.226 e. The van der Waals surface area contributed by atoms with Crippen LogP contribution in [0, 0.1) is 5.41 Å². The van der Waals surface area contributed by atoms with Crippen LogP contribution in [0.3, 0.4) is 0 Å². The van der Waals surface area contributed by atoms with E-state index in [1.807, 2.05) is 36.4 Å². The maximum atomic E-state index is 13.1. The highest BCUT2D eigenvalue weighted by Gasteiger charge is 2.42. The average Bonchev–Trinajstić information content (AvgIpc) is 3.28. The van der Waals surface area contributed by atoms with Crippen molar-refractivity contribution in [1.29, 1.82) is 0 Å². The Labute approximate surface area is 167 Å². The van der Waals surface area contributed by atoms with Crippen LogP contribution >= 0.6 is 11.6 Å². The Balaban J connectivity index is 1.64. The molecule has 3 heterocycles. The Bertz CT molecular complexity index is 1120. The lowest BCUT2D eigenvalue weighted by Crippen LogP contribution is -2.36. The van der Waals surface area contributed by atoms with Crippen LogP contribution < -0.4 is 5.32 Å². The molecule has 3 aromatic rings. The molecule has 2 aliphatic rings. The number of benzene rings is 1. The number of hydrogen-bond acceptors (Lipinski definition) is 5. The predicted molar refractivity (Wildman–Crippen MR) is 106 cm³/mol. The molecule has 1 aliphatic heterocycles. The van der Waals surface area contributed by atoms with Crippen LogP contribution in [-0.2, 0) is 4.79 Å². The summed E-state index contributed by atoms with van der Waals surface area (Å²) in [6.07, 6.45) is 2.75. The normalized spacial score (nSPS) is 20.5. The van der Waals surface area contributed by atoms with Gasteiger partial charge in [-0.15, -0.1) is 0 Å². The van der Waals surface area contributed by atoms with Crippen molar-refractivity contribution in [2.45, 2.75) is 32.7 Å². The minimum absolute atomic E-state index is 0.0957. The molecule has 5 rings (SSSR count). The van der Waals surface area contributed by atoms with E-state index in [9.17, 15) is 4.79 Å². The molecule has 1 N–H and O–H groups in total. The van der Waals surface area contributed by atoms with Crippen LogP contribution in [0.5, 0.6) is 0 Å². The molecule has 1 aromatic carbocycles. The minimum atomic E-state index is -0.436. The number of aromatic nitrogens is 3. The molecule has 142 valence electrons. The van der Waals surface area contributed by atoms with Gasteiger partial charge in [0.25, 0.3) is 0 Å². The fraction of sp³-hybridized carbons (Fsp3) is 0.286. The lowest BCUT2D eigenvalue weighted by Gasteiger charge is -2.37. The van der Waals surface area contributed by atoms with Gasteiger partial charge in [0.2, 0.25) is 5.95 Å². The van der Waals surface area contributed by atoms with Crippen LogP contribution in [0.1, 0.15) is 38.5 Å². The van der Waals surface area contributed by atoms with E-state index in [1.54, 1.807) is 4.68 Å². The van der Waals surface area contributed by atoms with E-state index in [4.69, 9.17) is 16.0 Å². The molecule has 1 atom stereocenters. The molecule has 0 saturated heterocycles. The van der Waals surface area contributed by atoms with Crippen molar-refractivity contribution in [1.82, 2.24) is 14.8 Å². The van der Waals surface area contributed by atoms with E-state index in [-0.39, 0.29) is 11.2 Å². The number of halogens is 1. The topological polar surface area (TPSA) is 73.0 Å². The zero-order valence-electron chi connectivity index (χ0n) is 15.6. The number of Topliss-reactive ketones (excluding diaryl/α,β-unsaturated/α-hetero) is 1. The summed E-state index contributed by atoms with van der Waals surface area (Å²) in [5.41, 5.74) is 2.33. The van der Waals surface area contributed by atoms with Gasteiger partial charge in [-0.05, 0) is 36.1 Å². The van der Waals surface area contributed by atoms with Crippen molar-refractivity contribution in [3.8, 4) is 11.3 Å². The van der Waals surface area contributed by atoms with E-state index < -0.39 is 6.04 Å². The highest BCUT2D eigenvalue weighted by Crippen LogP contribution is 2.46. The largest absolute Gasteiger partial charge is 0.458 e. The molecule has 0 fully saturated rings. The van der Waals surface area contributed by atoms with E-state index in [2.05, 4.69) is 29.2 Å². The van der Waals surface area contributed by atoms with Gasteiger partial charge in [0.05, 0.1) is 5.02 Å². The summed E-state index contributed by atoms with van der Waals surface area (Å²) < 4.78 is 7.89. The molecule has 0 spiro atoms. The van der Waals surface area contributed by atoms with Crippen molar-refractivity contribution in [3.63, 3.8) is 0 Å². The van der Waals surface area contributed by atoms with E-state index in [0.29, 0.717) is 34.5 Å². The fourth-order valence-corrected chi connectivity index (χ4v) is 4.35. The summed E-state index contributed by atoms with van der Waals surface area (Å²) in [5, 5.41) is 8.26. The first-order valence-corrected chi connectivity index (χ1v) is 9.58. The molecule has 7 heteroatoms. The summed E-state index contributed by atoms with van der Waals surface area (Å²) in [4.78, 5) is 17.4. The predicted octanol–water partition coefficient (Wildman–Crippen LogP) is 4.85. The highest BCUT2D eigenvalue weighted by molar-refractivity contribution is 6.33. The standard InChI is InChI=1S/C21H19ClN4O2/c1-21(2)9-14-18(15(27)10-21)19(26-20(25-14)23-11-24-26)17-8-7-16(28-17)12-5-3-4-6-13(12)22/h3-8,11,19H,9-10H2,1-2H3,(H,23,24,25).